The van der Waals surface area contributed by atoms with Crippen LogP contribution in [0.5, 0.6) is 0 Å². The first kappa shape index (κ1) is 18.5. The average Bonchev–Trinajstić information content (AvgIpc) is 3.14. The van der Waals surface area contributed by atoms with Gasteiger partial charge in [-0.25, -0.2) is 14.5 Å². The molecule has 0 aromatic carbocycles. The molecule has 0 spiro atoms. The van der Waals surface area contributed by atoms with Crippen molar-refractivity contribution < 1.29 is 32.6 Å². The number of carbonyl (C=O) groups excluding carboxylic acids is 2. The molecule has 3 amide bonds. The van der Waals surface area contributed by atoms with Gasteiger partial charge in [-0.2, -0.15) is 9.35 Å². The van der Waals surface area contributed by atoms with E-state index in [9.17, 15) is 18.4 Å². The number of nitrogens with zero attached hydrogens (tertiary/aromatic N) is 2. The summed E-state index contributed by atoms with van der Waals surface area (Å²) in [7, 11) is 0. The monoisotopic (exact) mass is 377 g/mol. The highest BCUT2D eigenvalue weighted by atomic mass is 32.2. The number of hydrogen-bond donors (Lipinski definition) is 3. The molecule has 0 saturated carbocycles. The van der Waals surface area contributed by atoms with Crippen LogP contribution in [0, 0.1) is 5.92 Å². The second-order valence-electron chi connectivity index (χ2n) is 6.45. The topological polar surface area (TPSA) is 144 Å². The van der Waals surface area contributed by atoms with Crippen LogP contribution < -0.4 is 10.8 Å². The summed E-state index contributed by atoms with van der Waals surface area (Å²) in [6, 6.07) is -1.69. The summed E-state index contributed by atoms with van der Waals surface area (Å²) in [4.78, 5) is 31.0. The smallest absolute Gasteiger partial charge is 0.346 e. The van der Waals surface area contributed by atoms with Crippen LogP contribution in [-0.4, -0.2) is 80.2 Å². The minimum atomic E-state index is -2.84. The van der Waals surface area contributed by atoms with Gasteiger partial charge in [0, 0.05) is 25.7 Å². The molecule has 11 nitrogen and oxygen atoms in total. The zero-order valence-corrected chi connectivity index (χ0v) is 14.3. The van der Waals surface area contributed by atoms with E-state index in [0.29, 0.717) is 19.4 Å². The summed E-state index contributed by atoms with van der Waals surface area (Å²) in [5.74, 6) is -0.257. The predicted molar refractivity (Wildman–Crippen MR) is 81.8 cm³/mol. The van der Waals surface area contributed by atoms with Crippen molar-refractivity contribution in [2.45, 2.75) is 37.4 Å². The van der Waals surface area contributed by atoms with Gasteiger partial charge in [-0.1, -0.05) is 0 Å². The lowest BCUT2D eigenvalue weighted by molar-refractivity contribution is -0.139. The largest absolute Gasteiger partial charge is 0.748 e. The number of fused-ring (bicyclic) bond motifs is 2. The van der Waals surface area contributed by atoms with Crippen LogP contribution >= 0.6 is 0 Å². The molecular formula is C13H21N4O7S-. The molecule has 3 rings (SSSR count). The molecule has 0 aromatic rings. The van der Waals surface area contributed by atoms with E-state index in [1.54, 1.807) is 0 Å². The molecule has 3 heterocycles. The molecule has 3 aliphatic heterocycles. The Bertz CT molecular complexity index is 550. The van der Waals surface area contributed by atoms with E-state index >= 15 is 0 Å². The molecule has 3 N–H and O–H groups in total. The molecule has 0 aliphatic carbocycles. The number of nitrogens with one attached hydrogen (secondary N) is 2. The minimum absolute atomic E-state index is 0.0533. The molecular weight excluding hydrogens is 356 g/mol. The van der Waals surface area contributed by atoms with Gasteiger partial charge in [0.1, 0.15) is 17.4 Å². The first-order valence-electron chi connectivity index (χ1n) is 8.13. The number of aliphatic hydroxyl groups excluding tert-OH is 1. The zero-order valence-electron chi connectivity index (χ0n) is 13.5. The standard InChI is InChI=1S/C13H22N4O7S/c18-6-8-3-9(14-4-8)7-23-15-12(19)11-2-1-10-5-16(11)13(20)17(10)24-25(21)22/h8-11,14,18H,1-7H2,(H,15,19)(H,21,22)/p-1/t8-,9+,10?,11?/m1/s1. The van der Waals surface area contributed by atoms with Gasteiger partial charge < -0.3 is 19.9 Å². The molecule has 2 bridgehead atoms. The van der Waals surface area contributed by atoms with Gasteiger partial charge in [0.15, 0.2) is 0 Å². The summed E-state index contributed by atoms with van der Waals surface area (Å²) in [6.45, 7) is 1.32. The van der Waals surface area contributed by atoms with Crippen molar-refractivity contribution in [1.82, 2.24) is 20.8 Å². The van der Waals surface area contributed by atoms with Gasteiger partial charge in [-0.3, -0.25) is 9.63 Å². The Labute approximate surface area is 147 Å². The van der Waals surface area contributed by atoms with Crippen LogP contribution in [0.4, 0.5) is 4.79 Å². The van der Waals surface area contributed by atoms with Gasteiger partial charge >= 0.3 is 6.03 Å². The number of aliphatic hydroxyl groups is 1. The maximum absolute atomic E-state index is 12.3. The third kappa shape index (κ3) is 4.10. The first-order valence-corrected chi connectivity index (χ1v) is 9.13. The van der Waals surface area contributed by atoms with Crippen molar-refractivity contribution >= 4 is 23.3 Å². The summed E-state index contributed by atoms with van der Waals surface area (Å²) in [6.07, 6.45) is 1.62. The molecule has 12 heteroatoms. The zero-order chi connectivity index (χ0) is 18.0. The molecule has 5 atom stereocenters. The van der Waals surface area contributed by atoms with Crippen molar-refractivity contribution in [2.75, 3.05) is 26.3 Å². The number of carbonyl (C=O) groups is 2. The van der Waals surface area contributed by atoms with E-state index in [1.165, 1.54) is 4.90 Å². The van der Waals surface area contributed by atoms with Crippen molar-refractivity contribution in [2.24, 2.45) is 5.92 Å². The van der Waals surface area contributed by atoms with Crippen molar-refractivity contribution in [3.05, 3.63) is 0 Å². The Morgan fingerprint density at radius 3 is 2.96 bits per heavy atom. The van der Waals surface area contributed by atoms with Crippen molar-refractivity contribution in [1.29, 1.82) is 0 Å². The molecule has 3 fully saturated rings. The minimum Gasteiger partial charge on any atom is -0.748 e. The van der Waals surface area contributed by atoms with E-state index in [-0.39, 0.29) is 37.8 Å². The van der Waals surface area contributed by atoms with E-state index in [1.807, 2.05) is 0 Å². The third-order valence-corrected chi connectivity index (χ3v) is 5.08. The van der Waals surface area contributed by atoms with Gasteiger partial charge in [0.25, 0.3) is 5.91 Å². The number of amides is 3. The second-order valence-corrected chi connectivity index (χ2v) is 7.01. The van der Waals surface area contributed by atoms with Gasteiger partial charge in [-0.15, -0.1) is 0 Å². The SMILES string of the molecule is O=C(NOC[C@@H]1C[C@@H](CO)CN1)C1CCC2CN1C(=O)N2OS(=O)[O-]. The van der Waals surface area contributed by atoms with Crippen LogP contribution in [0.1, 0.15) is 19.3 Å². The first-order chi connectivity index (χ1) is 12.0. The van der Waals surface area contributed by atoms with Gasteiger partial charge in [0.2, 0.25) is 0 Å². The highest BCUT2D eigenvalue weighted by Crippen LogP contribution is 2.30. The summed E-state index contributed by atoms with van der Waals surface area (Å²) in [5.41, 5.74) is 2.35. The molecule has 0 aromatic heterocycles. The maximum atomic E-state index is 12.3. The van der Waals surface area contributed by atoms with Crippen LogP contribution in [0.15, 0.2) is 0 Å². The fraction of sp³-hybridized carbons (Fsp3) is 0.846. The molecule has 142 valence electrons. The quantitative estimate of drug-likeness (QED) is 0.341. The lowest BCUT2D eigenvalue weighted by Crippen LogP contribution is -2.50. The molecule has 25 heavy (non-hydrogen) atoms. The highest BCUT2D eigenvalue weighted by molar-refractivity contribution is 7.74. The Kier molecular flexibility index (Phi) is 5.86. The summed E-state index contributed by atoms with van der Waals surface area (Å²) < 4.78 is 25.8. The second kappa shape index (κ2) is 7.93. The Morgan fingerprint density at radius 2 is 2.28 bits per heavy atom. The predicted octanol–water partition coefficient (Wildman–Crippen LogP) is -2.00. The van der Waals surface area contributed by atoms with Crippen LogP contribution in [-0.2, 0) is 25.3 Å². The van der Waals surface area contributed by atoms with Crippen LogP contribution in [0.25, 0.3) is 0 Å². The number of hydrogen-bond acceptors (Lipinski definition) is 8. The highest BCUT2D eigenvalue weighted by Gasteiger charge is 2.48. The fourth-order valence-electron chi connectivity index (χ4n) is 3.52. The van der Waals surface area contributed by atoms with E-state index in [4.69, 9.17) is 9.94 Å². The lowest BCUT2D eigenvalue weighted by Gasteiger charge is -2.29. The number of hydroxylamine groups is 3. The Hall–Kier alpha value is -1.31. The number of piperidine rings is 1. The van der Waals surface area contributed by atoms with E-state index in [2.05, 4.69) is 15.1 Å². The molecule has 3 unspecified atom stereocenters. The third-order valence-electron chi connectivity index (χ3n) is 4.80. The average molecular weight is 377 g/mol. The van der Waals surface area contributed by atoms with Gasteiger partial charge in [0.05, 0.1) is 12.6 Å². The Balaban J connectivity index is 1.47. The molecule has 3 aliphatic rings. The van der Waals surface area contributed by atoms with Crippen LogP contribution in [0.2, 0.25) is 0 Å². The lowest BCUT2D eigenvalue weighted by atomic mass is 10.0. The summed E-state index contributed by atoms with van der Waals surface area (Å²) >= 11 is -2.84. The fourth-order valence-corrected chi connectivity index (χ4v) is 3.83. The van der Waals surface area contributed by atoms with E-state index < -0.39 is 29.3 Å². The van der Waals surface area contributed by atoms with E-state index in [0.717, 1.165) is 11.5 Å². The van der Waals surface area contributed by atoms with Gasteiger partial charge in [-0.05, 0) is 25.2 Å². The van der Waals surface area contributed by atoms with Crippen LogP contribution in [0.3, 0.4) is 0 Å². The summed E-state index contributed by atoms with van der Waals surface area (Å²) in [5, 5.41) is 13.1. The van der Waals surface area contributed by atoms with Crippen molar-refractivity contribution in [3.8, 4) is 0 Å². The maximum Gasteiger partial charge on any atom is 0.346 e. The molecule has 0 radical (unpaired) electrons. The number of rotatable bonds is 7. The normalized spacial score (nSPS) is 33.0. The Morgan fingerprint density at radius 1 is 1.48 bits per heavy atom. The van der Waals surface area contributed by atoms with Crippen molar-refractivity contribution in [3.63, 3.8) is 0 Å². The number of urea groups is 1. The molecule has 3 saturated heterocycles.